The molecule has 1 aromatic carbocycles. The van der Waals surface area contributed by atoms with E-state index in [1.165, 1.54) is 12.1 Å². The number of pyridine rings is 1. The lowest BCUT2D eigenvalue weighted by atomic mass is 10.1. The Morgan fingerprint density at radius 1 is 1.14 bits per heavy atom. The molecule has 1 aliphatic heterocycles. The predicted octanol–water partition coefficient (Wildman–Crippen LogP) is 4.88. The summed E-state index contributed by atoms with van der Waals surface area (Å²) in [6.45, 7) is 3.44. The van der Waals surface area contributed by atoms with Crippen molar-refractivity contribution in [2.75, 3.05) is 42.5 Å². The molecular weight excluding hydrogens is 505 g/mol. The van der Waals surface area contributed by atoms with Crippen molar-refractivity contribution in [2.24, 2.45) is 0 Å². The van der Waals surface area contributed by atoms with E-state index in [0.29, 0.717) is 41.2 Å². The number of benzene rings is 1. The van der Waals surface area contributed by atoms with E-state index in [9.17, 15) is 14.9 Å². The summed E-state index contributed by atoms with van der Waals surface area (Å²) in [6.07, 6.45) is 6.80. The summed E-state index contributed by atoms with van der Waals surface area (Å²) in [5, 5.41) is 18.1. The first-order chi connectivity index (χ1) is 17.3. The number of amides is 1. The number of anilines is 3. The minimum Gasteiger partial charge on any atom is -0.378 e. The maximum atomic E-state index is 12.7. The normalized spacial score (nSPS) is 13.6. The Bertz CT molecular complexity index is 1260. The van der Waals surface area contributed by atoms with Crippen molar-refractivity contribution in [3.63, 3.8) is 0 Å². The smallest absolute Gasteiger partial charge is 0.311 e. The molecule has 0 radical (unpaired) electrons. The molecule has 0 atom stereocenters. The van der Waals surface area contributed by atoms with Crippen molar-refractivity contribution in [2.45, 2.75) is 25.8 Å². The van der Waals surface area contributed by atoms with Crippen LogP contribution in [0.5, 0.6) is 0 Å². The number of rotatable bonds is 10. The Labute approximate surface area is 218 Å². The second-order valence-electron chi connectivity index (χ2n) is 8.62. The Morgan fingerprint density at radius 2 is 1.92 bits per heavy atom. The summed E-state index contributed by atoms with van der Waals surface area (Å²) in [7, 11) is 0. The van der Waals surface area contributed by atoms with Gasteiger partial charge in [0.2, 0.25) is 11.7 Å². The van der Waals surface area contributed by atoms with Crippen molar-refractivity contribution in [3.8, 4) is 11.1 Å². The third-order valence-electron chi connectivity index (χ3n) is 5.94. The largest absolute Gasteiger partial charge is 0.378 e. The lowest BCUT2D eigenvalue weighted by molar-refractivity contribution is -0.384. The molecule has 3 aromatic rings. The lowest BCUT2D eigenvalue weighted by Gasteiger charge is -2.14. The third kappa shape index (κ3) is 6.45. The van der Waals surface area contributed by atoms with E-state index in [0.717, 1.165) is 43.5 Å². The molecule has 12 heteroatoms. The summed E-state index contributed by atoms with van der Waals surface area (Å²) < 4.78 is 1.99. The van der Waals surface area contributed by atoms with Gasteiger partial charge in [0.15, 0.2) is 0 Å². The number of aromatic nitrogens is 2. The number of carbonyl (C=O) groups is 1. The number of likely N-dealkylation sites (tertiary alicyclic amines) is 1. The molecule has 1 fully saturated rings. The van der Waals surface area contributed by atoms with Gasteiger partial charge in [0.1, 0.15) is 5.82 Å². The van der Waals surface area contributed by atoms with Gasteiger partial charge in [-0.05, 0) is 50.6 Å². The van der Waals surface area contributed by atoms with Crippen LogP contribution in [0.4, 0.5) is 23.0 Å². The number of carbonyl (C=O) groups excluding carboxylic acids is 1. The summed E-state index contributed by atoms with van der Waals surface area (Å²) in [5.41, 5.74) is 7.70. The van der Waals surface area contributed by atoms with Gasteiger partial charge >= 0.3 is 5.69 Å². The fourth-order valence-corrected chi connectivity index (χ4v) is 4.70. The van der Waals surface area contributed by atoms with Crippen LogP contribution in [-0.2, 0) is 11.3 Å². The van der Waals surface area contributed by atoms with Crippen LogP contribution in [0.15, 0.2) is 42.7 Å². The molecule has 190 valence electrons. The topological polar surface area (TPSA) is 131 Å². The van der Waals surface area contributed by atoms with Gasteiger partial charge < -0.3 is 20.9 Å². The number of hydrogen-bond acceptors (Lipinski definition) is 7. The quantitative estimate of drug-likeness (QED) is 0.193. The highest BCUT2D eigenvalue weighted by atomic mass is 35.5. The second kappa shape index (κ2) is 11.6. The van der Waals surface area contributed by atoms with Gasteiger partial charge in [-0.3, -0.25) is 19.8 Å². The average Bonchev–Trinajstić information content (AvgIpc) is 3.46. The summed E-state index contributed by atoms with van der Waals surface area (Å²) in [6, 6.07) is 8.14. The number of hydrogen-bond donors (Lipinski definition) is 3. The van der Waals surface area contributed by atoms with E-state index in [4.69, 9.17) is 28.9 Å². The molecule has 10 nitrogen and oxygen atoms in total. The first-order valence-corrected chi connectivity index (χ1v) is 12.4. The van der Waals surface area contributed by atoms with Crippen LogP contribution in [0, 0.1) is 10.1 Å². The number of nitrogens with two attached hydrogens (primary N) is 1. The van der Waals surface area contributed by atoms with Gasteiger partial charge in [-0.2, -0.15) is 0 Å². The molecule has 0 unspecified atom stereocenters. The molecule has 1 amide bonds. The van der Waals surface area contributed by atoms with Gasteiger partial charge in [0.25, 0.3) is 0 Å². The number of nitrogens with zero attached hydrogens (tertiary/aromatic N) is 4. The van der Waals surface area contributed by atoms with Crippen LogP contribution in [0.3, 0.4) is 0 Å². The second-order valence-corrected chi connectivity index (χ2v) is 9.46. The van der Waals surface area contributed by atoms with E-state index < -0.39 is 4.92 Å². The molecule has 0 saturated carbocycles. The fourth-order valence-electron chi connectivity index (χ4n) is 4.19. The van der Waals surface area contributed by atoms with Crippen LogP contribution in [0.2, 0.25) is 10.0 Å². The van der Waals surface area contributed by atoms with Crippen molar-refractivity contribution in [1.82, 2.24) is 14.5 Å². The first kappa shape index (κ1) is 25.7. The van der Waals surface area contributed by atoms with E-state index >= 15 is 0 Å². The van der Waals surface area contributed by atoms with Crippen LogP contribution < -0.4 is 16.4 Å². The molecule has 0 spiro atoms. The molecule has 1 aliphatic rings. The Morgan fingerprint density at radius 3 is 2.61 bits per heavy atom. The molecule has 36 heavy (non-hydrogen) atoms. The molecule has 3 heterocycles. The Balaban J connectivity index is 1.43. The number of nitro groups is 1. The summed E-state index contributed by atoms with van der Waals surface area (Å²) >= 11 is 12.6. The van der Waals surface area contributed by atoms with Crippen molar-refractivity contribution in [3.05, 3.63) is 62.9 Å². The molecule has 0 bridgehead atoms. The molecule has 2 aromatic heterocycles. The zero-order chi connectivity index (χ0) is 25.7. The molecular formula is C24H27Cl2N7O3. The molecule has 4 rings (SSSR count). The highest BCUT2D eigenvalue weighted by molar-refractivity contribution is 6.36. The SMILES string of the molecule is Nc1nc(NCCCn2cc(NC(=O)CN3CCCC3)c(-c3ccc(Cl)cc3Cl)c2)ccc1[N+](=O)[O-]. The summed E-state index contributed by atoms with van der Waals surface area (Å²) in [5.74, 6) is 0.271. The van der Waals surface area contributed by atoms with E-state index in [1.54, 1.807) is 12.1 Å². The van der Waals surface area contributed by atoms with Crippen LogP contribution >= 0.6 is 23.2 Å². The minimum absolute atomic E-state index is 0.0653. The zero-order valence-corrected chi connectivity index (χ0v) is 21.1. The fraction of sp³-hybridized carbons (Fsp3) is 0.333. The molecule has 4 N–H and O–H groups in total. The number of nitrogens with one attached hydrogen (secondary N) is 2. The lowest BCUT2D eigenvalue weighted by Crippen LogP contribution is -2.30. The highest BCUT2D eigenvalue weighted by Crippen LogP contribution is 2.36. The number of halogens is 2. The predicted molar refractivity (Wildman–Crippen MR) is 143 cm³/mol. The van der Waals surface area contributed by atoms with Gasteiger partial charge in [0.05, 0.1) is 22.2 Å². The minimum atomic E-state index is -0.565. The Hall–Kier alpha value is -3.34. The maximum Gasteiger partial charge on any atom is 0.311 e. The number of nitrogen functional groups attached to an aromatic ring is 1. The maximum absolute atomic E-state index is 12.7. The van der Waals surface area contributed by atoms with Crippen LogP contribution in [0.25, 0.3) is 11.1 Å². The van der Waals surface area contributed by atoms with Crippen LogP contribution in [-0.4, -0.2) is 51.5 Å². The monoisotopic (exact) mass is 531 g/mol. The summed E-state index contributed by atoms with van der Waals surface area (Å²) in [4.78, 5) is 29.2. The van der Waals surface area contributed by atoms with Gasteiger partial charge in [0, 0.05) is 47.7 Å². The van der Waals surface area contributed by atoms with Gasteiger partial charge in [-0.25, -0.2) is 4.98 Å². The molecule has 1 saturated heterocycles. The standard InChI is InChI=1S/C24H27Cl2N7O3/c25-16-4-5-17(19(26)12-16)18-13-32(14-20(18)29-23(34)15-31-9-1-2-10-31)11-3-8-28-22-7-6-21(33(35)36)24(27)30-22/h4-7,12-14H,1-3,8-11,15H2,(H,29,34)(H3,27,28,30). The Kier molecular flexibility index (Phi) is 8.29. The van der Waals surface area contributed by atoms with Gasteiger partial charge in [-0.15, -0.1) is 0 Å². The van der Waals surface area contributed by atoms with Crippen LogP contribution in [0.1, 0.15) is 19.3 Å². The van der Waals surface area contributed by atoms with E-state index in [1.807, 2.05) is 23.0 Å². The zero-order valence-electron chi connectivity index (χ0n) is 19.5. The number of aryl methyl sites for hydroxylation is 1. The van der Waals surface area contributed by atoms with Gasteiger partial charge in [-0.1, -0.05) is 29.3 Å². The highest BCUT2D eigenvalue weighted by Gasteiger charge is 2.19. The van der Waals surface area contributed by atoms with Crippen molar-refractivity contribution >= 4 is 52.1 Å². The van der Waals surface area contributed by atoms with Crippen molar-refractivity contribution < 1.29 is 9.72 Å². The van der Waals surface area contributed by atoms with E-state index in [2.05, 4.69) is 20.5 Å². The first-order valence-electron chi connectivity index (χ1n) is 11.6. The van der Waals surface area contributed by atoms with E-state index in [-0.39, 0.29) is 17.4 Å². The van der Waals surface area contributed by atoms with Crippen molar-refractivity contribution in [1.29, 1.82) is 0 Å². The third-order valence-corrected chi connectivity index (χ3v) is 6.49. The average molecular weight is 532 g/mol. The molecule has 0 aliphatic carbocycles.